The molecule has 4 fully saturated rings. The Morgan fingerprint density at radius 3 is 2.75 bits per heavy atom. The van der Waals surface area contributed by atoms with Crippen LogP contribution >= 0.6 is 22.9 Å². The van der Waals surface area contributed by atoms with Gasteiger partial charge >= 0.3 is 0 Å². The lowest BCUT2D eigenvalue weighted by Crippen LogP contribution is -2.57. The molecule has 1 aromatic heterocycles. The number of aromatic nitrogens is 1. The fourth-order valence-corrected chi connectivity index (χ4v) is 7.36. The zero-order valence-corrected chi connectivity index (χ0v) is 15.3. The van der Waals surface area contributed by atoms with Gasteiger partial charge < -0.3 is 5.32 Å². The third-order valence-electron chi connectivity index (χ3n) is 6.22. The molecule has 0 radical (unpaired) electrons. The predicted molar refractivity (Wildman–Crippen MR) is 98.7 cm³/mol. The molecule has 0 spiro atoms. The van der Waals surface area contributed by atoms with E-state index >= 15 is 0 Å². The van der Waals surface area contributed by atoms with Crippen molar-refractivity contribution in [3.63, 3.8) is 0 Å². The number of amides is 1. The van der Waals surface area contributed by atoms with E-state index in [1.807, 2.05) is 19.1 Å². The summed E-state index contributed by atoms with van der Waals surface area (Å²) < 4.78 is 1.13. The van der Waals surface area contributed by atoms with Crippen LogP contribution in [0.4, 0.5) is 5.69 Å². The van der Waals surface area contributed by atoms with Crippen molar-refractivity contribution in [1.29, 1.82) is 0 Å². The number of alkyl halides is 1. The van der Waals surface area contributed by atoms with Crippen LogP contribution in [0.2, 0.25) is 0 Å². The molecule has 6 rings (SSSR count). The number of nitrogens with one attached hydrogen (secondary N) is 1. The van der Waals surface area contributed by atoms with E-state index in [1.54, 1.807) is 11.3 Å². The number of hydrogen-bond donors (Lipinski definition) is 1. The predicted octanol–water partition coefficient (Wildman–Crippen LogP) is 5.12. The van der Waals surface area contributed by atoms with Crippen molar-refractivity contribution in [2.75, 3.05) is 5.32 Å². The number of anilines is 1. The lowest BCUT2D eigenvalue weighted by atomic mass is 9.49. The van der Waals surface area contributed by atoms with Crippen molar-refractivity contribution in [3.8, 4) is 0 Å². The average molecular weight is 361 g/mol. The summed E-state index contributed by atoms with van der Waals surface area (Å²) >= 11 is 8.53. The van der Waals surface area contributed by atoms with Crippen LogP contribution in [0.3, 0.4) is 0 Å². The number of thiazole rings is 1. The summed E-state index contributed by atoms with van der Waals surface area (Å²) in [6, 6.07) is 6.02. The number of rotatable bonds is 2. The van der Waals surface area contributed by atoms with Crippen LogP contribution in [0, 0.1) is 24.2 Å². The number of carbonyl (C=O) groups is 1. The van der Waals surface area contributed by atoms with Crippen molar-refractivity contribution in [3.05, 3.63) is 23.2 Å². The Labute approximate surface area is 150 Å². The quantitative estimate of drug-likeness (QED) is 0.755. The van der Waals surface area contributed by atoms with Gasteiger partial charge in [0.1, 0.15) is 0 Å². The summed E-state index contributed by atoms with van der Waals surface area (Å²) in [7, 11) is 0. The molecule has 126 valence electrons. The van der Waals surface area contributed by atoms with Gasteiger partial charge in [-0.15, -0.1) is 22.9 Å². The van der Waals surface area contributed by atoms with E-state index in [1.165, 1.54) is 6.42 Å². The van der Waals surface area contributed by atoms with Crippen molar-refractivity contribution >= 4 is 44.7 Å². The normalized spacial score (nSPS) is 37.1. The maximum Gasteiger partial charge on any atom is 0.230 e. The van der Waals surface area contributed by atoms with E-state index in [0.29, 0.717) is 11.8 Å². The Bertz CT molecular complexity index is 831. The van der Waals surface area contributed by atoms with E-state index in [0.717, 1.165) is 53.0 Å². The molecule has 2 unspecified atom stereocenters. The second kappa shape index (κ2) is 4.95. The Balaban J connectivity index is 1.43. The molecular weight excluding hydrogens is 340 g/mol. The van der Waals surface area contributed by atoms with Gasteiger partial charge in [0, 0.05) is 10.6 Å². The third kappa shape index (κ3) is 2.30. The van der Waals surface area contributed by atoms with E-state index in [9.17, 15) is 4.79 Å². The van der Waals surface area contributed by atoms with Gasteiger partial charge in [0.05, 0.1) is 20.6 Å². The fraction of sp³-hybridized carbons (Fsp3) is 0.579. The molecule has 1 aromatic carbocycles. The maximum absolute atomic E-state index is 13.2. The molecule has 0 aliphatic heterocycles. The standard InChI is InChI=1S/C19H21ClN2OS/c1-11-21-15-3-2-14(5-16(15)24-11)22-17(23)18-6-12-4-13(7-18)9-19(20,8-12)10-18/h2-3,5,12-13H,4,6-10H2,1H3,(H,22,23)/t12-,13+,18?,19?. The highest BCUT2D eigenvalue weighted by atomic mass is 35.5. The summed E-state index contributed by atoms with van der Waals surface area (Å²) in [4.78, 5) is 17.5. The number of aryl methyl sites for hydroxylation is 1. The molecule has 4 saturated carbocycles. The molecule has 24 heavy (non-hydrogen) atoms. The van der Waals surface area contributed by atoms with Crippen LogP contribution in [0.25, 0.3) is 10.2 Å². The van der Waals surface area contributed by atoms with Gasteiger partial charge in [0.25, 0.3) is 0 Å². The highest BCUT2D eigenvalue weighted by Crippen LogP contribution is 2.64. The molecule has 1 N–H and O–H groups in total. The number of benzene rings is 1. The number of nitrogens with zero attached hydrogens (tertiary/aromatic N) is 1. The maximum atomic E-state index is 13.2. The Morgan fingerprint density at radius 1 is 1.29 bits per heavy atom. The smallest absolute Gasteiger partial charge is 0.230 e. The molecule has 4 atom stereocenters. The van der Waals surface area contributed by atoms with E-state index in [2.05, 4.69) is 16.4 Å². The van der Waals surface area contributed by atoms with E-state index in [4.69, 9.17) is 11.6 Å². The minimum absolute atomic E-state index is 0.125. The zero-order chi connectivity index (χ0) is 16.5. The van der Waals surface area contributed by atoms with Crippen LogP contribution in [0.1, 0.15) is 43.5 Å². The number of hydrogen-bond acceptors (Lipinski definition) is 3. The van der Waals surface area contributed by atoms with Gasteiger partial charge in [-0.3, -0.25) is 4.79 Å². The fourth-order valence-electron chi connectivity index (χ4n) is 5.80. The summed E-state index contributed by atoms with van der Waals surface area (Å²) in [5.41, 5.74) is 1.64. The first-order chi connectivity index (χ1) is 11.4. The van der Waals surface area contributed by atoms with Gasteiger partial charge in [-0.1, -0.05) is 0 Å². The highest BCUT2D eigenvalue weighted by Gasteiger charge is 2.60. The lowest BCUT2D eigenvalue weighted by molar-refractivity contribution is -0.138. The van der Waals surface area contributed by atoms with E-state index in [-0.39, 0.29) is 16.2 Å². The van der Waals surface area contributed by atoms with Gasteiger partial charge in [-0.05, 0) is 75.5 Å². The molecule has 5 heteroatoms. The molecular formula is C19H21ClN2OS. The topological polar surface area (TPSA) is 42.0 Å². The summed E-state index contributed by atoms with van der Waals surface area (Å²) in [5, 5.41) is 4.25. The molecule has 4 aliphatic rings. The third-order valence-corrected chi connectivity index (χ3v) is 7.60. The molecule has 4 bridgehead atoms. The average Bonchev–Trinajstić information content (AvgIpc) is 2.84. The molecule has 4 aliphatic carbocycles. The first-order valence-corrected chi connectivity index (χ1v) is 10.0. The minimum Gasteiger partial charge on any atom is -0.326 e. The SMILES string of the molecule is Cc1nc2ccc(NC(=O)C34C[C@@H]5C[C@@H](CC(Cl)(C5)C3)C4)cc2s1. The molecule has 0 saturated heterocycles. The second-order valence-corrected chi connectivity index (χ2v) is 10.3. The number of carbonyl (C=O) groups excluding carboxylic acids is 1. The molecule has 1 amide bonds. The van der Waals surface area contributed by atoms with Crippen LogP contribution in [0.15, 0.2) is 18.2 Å². The second-order valence-electron chi connectivity index (χ2n) is 8.26. The number of fused-ring (bicyclic) bond motifs is 1. The van der Waals surface area contributed by atoms with Crippen molar-refractivity contribution in [2.24, 2.45) is 17.3 Å². The first-order valence-electron chi connectivity index (χ1n) is 8.81. The Morgan fingerprint density at radius 2 is 2.04 bits per heavy atom. The monoisotopic (exact) mass is 360 g/mol. The van der Waals surface area contributed by atoms with Gasteiger partial charge in [-0.2, -0.15) is 0 Å². The lowest BCUT2D eigenvalue weighted by Gasteiger charge is -2.59. The zero-order valence-electron chi connectivity index (χ0n) is 13.8. The van der Waals surface area contributed by atoms with Crippen LogP contribution < -0.4 is 5.32 Å². The van der Waals surface area contributed by atoms with Gasteiger partial charge in [-0.25, -0.2) is 4.98 Å². The summed E-state index contributed by atoms with van der Waals surface area (Å²) in [5.74, 6) is 1.46. The molecule has 3 nitrogen and oxygen atoms in total. The minimum atomic E-state index is -0.246. The van der Waals surface area contributed by atoms with Gasteiger partial charge in [0.15, 0.2) is 0 Å². The first kappa shape index (κ1) is 15.2. The van der Waals surface area contributed by atoms with Crippen LogP contribution in [0.5, 0.6) is 0 Å². The van der Waals surface area contributed by atoms with Crippen molar-refractivity contribution in [2.45, 2.75) is 50.3 Å². The summed E-state index contributed by atoms with van der Waals surface area (Å²) in [6.07, 6.45) is 6.37. The van der Waals surface area contributed by atoms with Crippen molar-refractivity contribution in [1.82, 2.24) is 4.98 Å². The largest absolute Gasteiger partial charge is 0.326 e. The van der Waals surface area contributed by atoms with Gasteiger partial charge in [0.2, 0.25) is 5.91 Å². The van der Waals surface area contributed by atoms with E-state index < -0.39 is 0 Å². The molecule has 2 aromatic rings. The van der Waals surface area contributed by atoms with Crippen LogP contribution in [-0.2, 0) is 4.79 Å². The summed E-state index contributed by atoms with van der Waals surface area (Å²) in [6.45, 7) is 2.01. The van der Waals surface area contributed by atoms with Crippen molar-refractivity contribution < 1.29 is 4.79 Å². The Kier molecular flexibility index (Phi) is 3.12. The van der Waals surface area contributed by atoms with Crippen LogP contribution in [-0.4, -0.2) is 15.8 Å². The highest BCUT2D eigenvalue weighted by molar-refractivity contribution is 7.18. The Hall–Kier alpha value is -1.13. The number of halogens is 1. The molecule has 1 heterocycles.